The molecule has 0 saturated heterocycles. The molecule has 0 atom stereocenters. The number of nitrogen functional groups attached to an aromatic ring is 2. The van der Waals surface area contributed by atoms with Crippen molar-refractivity contribution in [2.24, 2.45) is 0 Å². The smallest absolute Gasteiger partial charge is 0.191 e. The zero-order valence-electron chi connectivity index (χ0n) is 10.3. The summed E-state index contributed by atoms with van der Waals surface area (Å²) >= 11 is 7.39. The quantitative estimate of drug-likeness (QED) is 0.666. The lowest BCUT2D eigenvalue weighted by molar-refractivity contribution is 0.411. The van der Waals surface area contributed by atoms with Crippen molar-refractivity contribution in [2.45, 2.75) is 10.9 Å². The molecular formula is C12H13ClN4OS. The minimum atomic E-state index is 0.355. The topological polar surface area (TPSA) is 87.0 Å². The van der Waals surface area contributed by atoms with E-state index in [1.165, 1.54) is 17.8 Å². The third kappa shape index (κ3) is 3.65. The Morgan fingerprint density at radius 1 is 1.21 bits per heavy atom. The van der Waals surface area contributed by atoms with Gasteiger partial charge in [0.05, 0.1) is 7.11 Å². The Morgan fingerprint density at radius 2 is 1.89 bits per heavy atom. The van der Waals surface area contributed by atoms with Crippen molar-refractivity contribution in [3.05, 3.63) is 34.9 Å². The van der Waals surface area contributed by atoms with E-state index < -0.39 is 0 Å². The standard InChI is InChI=1S/C12H13ClN4OS/c1-18-9-3-2-8(13)4-7(9)6-19-12-16-10(14)5-11(15)17-12/h2-5H,6H2,1H3,(H4,14,15,16,17). The average molecular weight is 297 g/mol. The maximum atomic E-state index is 5.97. The van der Waals surface area contributed by atoms with E-state index in [-0.39, 0.29) is 0 Å². The van der Waals surface area contributed by atoms with Gasteiger partial charge in [-0.05, 0) is 18.2 Å². The zero-order valence-corrected chi connectivity index (χ0v) is 11.8. The molecular weight excluding hydrogens is 284 g/mol. The van der Waals surface area contributed by atoms with Crippen molar-refractivity contribution < 1.29 is 4.74 Å². The first-order valence-electron chi connectivity index (χ1n) is 5.43. The highest BCUT2D eigenvalue weighted by atomic mass is 35.5. The summed E-state index contributed by atoms with van der Waals surface area (Å²) in [5.41, 5.74) is 12.2. The van der Waals surface area contributed by atoms with Gasteiger partial charge in [-0.1, -0.05) is 23.4 Å². The fourth-order valence-corrected chi connectivity index (χ4v) is 2.57. The summed E-state index contributed by atoms with van der Waals surface area (Å²) in [5.74, 6) is 2.10. The molecule has 0 radical (unpaired) electrons. The first-order valence-corrected chi connectivity index (χ1v) is 6.80. The van der Waals surface area contributed by atoms with Crippen LogP contribution in [-0.2, 0) is 5.75 Å². The highest BCUT2D eigenvalue weighted by molar-refractivity contribution is 7.98. The minimum absolute atomic E-state index is 0.355. The number of halogens is 1. The minimum Gasteiger partial charge on any atom is -0.496 e. The van der Waals surface area contributed by atoms with Crippen molar-refractivity contribution in [2.75, 3.05) is 18.6 Å². The molecule has 1 aromatic carbocycles. The van der Waals surface area contributed by atoms with Gasteiger partial charge in [-0.3, -0.25) is 0 Å². The Labute approximate surface area is 120 Å². The molecule has 0 bridgehead atoms. The molecule has 0 saturated carbocycles. The summed E-state index contributed by atoms with van der Waals surface area (Å²) < 4.78 is 5.27. The third-order valence-electron chi connectivity index (χ3n) is 2.34. The van der Waals surface area contributed by atoms with Gasteiger partial charge in [0, 0.05) is 22.4 Å². The number of thioether (sulfide) groups is 1. The van der Waals surface area contributed by atoms with Gasteiger partial charge in [-0.25, -0.2) is 9.97 Å². The third-order valence-corrected chi connectivity index (χ3v) is 3.48. The number of nitrogens with two attached hydrogens (primary N) is 2. The van der Waals surface area contributed by atoms with Crippen LogP contribution in [0.3, 0.4) is 0 Å². The number of anilines is 2. The van der Waals surface area contributed by atoms with Crippen molar-refractivity contribution in [1.29, 1.82) is 0 Å². The van der Waals surface area contributed by atoms with Gasteiger partial charge in [-0.15, -0.1) is 0 Å². The lowest BCUT2D eigenvalue weighted by Crippen LogP contribution is -1.99. The molecule has 1 aromatic heterocycles. The Kier molecular flexibility index (Phi) is 4.34. The molecule has 0 unspecified atom stereocenters. The van der Waals surface area contributed by atoms with Gasteiger partial charge in [0.1, 0.15) is 17.4 Å². The molecule has 100 valence electrons. The van der Waals surface area contributed by atoms with Crippen molar-refractivity contribution >= 4 is 35.0 Å². The van der Waals surface area contributed by atoms with Crippen molar-refractivity contribution in [3.63, 3.8) is 0 Å². The first kappa shape index (κ1) is 13.8. The van der Waals surface area contributed by atoms with Crippen LogP contribution in [0.2, 0.25) is 5.02 Å². The van der Waals surface area contributed by atoms with E-state index in [4.69, 9.17) is 27.8 Å². The Bertz CT molecular complexity index is 574. The molecule has 0 aliphatic rings. The molecule has 0 aliphatic heterocycles. The Balaban J connectivity index is 2.16. The Morgan fingerprint density at radius 3 is 2.53 bits per heavy atom. The van der Waals surface area contributed by atoms with Crippen LogP contribution in [0.1, 0.15) is 5.56 Å². The summed E-state index contributed by atoms with van der Waals surface area (Å²) in [4.78, 5) is 8.21. The van der Waals surface area contributed by atoms with E-state index in [9.17, 15) is 0 Å². The van der Waals surface area contributed by atoms with E-state index in [1.807, 2.05) is 12.1 Å². The molecule has 0 spiro atoms. The molecule has 1 heterocycles. The maximum absolute atomic E-state index is 5.97. The van der Waals surface area contributed by atoms with Crippen LogP contribution in [0.25, 0.3) is 0 Å². The van der Waals surface area contributed by atoms with E-state index in [2.05, 4.69) is 9.97 Å². The van der Waals surface area contributed by atoms with Crippen molar-refractivity contribution in [3.8, 4) is 5.75 Å². The molecule has 19 heavy (non-hydrogen) atoms. The van der Waals surface area contributed by atoms with E-state index in [0.717, 1.165) is 11.3 Å². The lowest BCUT2D eigenvalue weighted by Gasteiger charge is -2.08. The first-order chi connectivity index (χ1) is 9.08. The predicted molar refractivity (Wildman–Crippen MR) is 78.4 cm³/mol. The zero-order chi connectivity index (χ0) is 13.8. The number of nitrogens with zero attached hydrogens (tertiary/aromatic N) is 2. The Hall–Kier alpha value is -1.66. The number of rotatable bonds is 4. The molecule has 4 N–H and O–H groups in total. The number of hydrogen-bond acceptors (Lipinski definition) is 6. The summed E-state index contributed by atoms with van der Waals surface area (Å²) in [6.45, 7) is 0. The second-order valence-electron chi connectivity index (χ2n) is 3.75. The van der Waals surface area contributed by atoms with Gasteiger partial charge in [-0.2, -0.15) is 0 Å². The number of methoxy groups -OCH3 is 1. The highest BCUT2D eigenvalue weighted by Crippen LogP contribution is 2.29. The number of aromatic nitrogens is 2. The SMILES string of the molecule is COc1ccc(Cl)cc1CSc1nc(N)cc(N)n1. The molecule has 7 heteroatoms. The second kappa shape index (κ2) is 5.99. The van der Waals surface area contributed by atoms with E-state index in [0.29, 0.717) is 27.6 Å². The van der Waals surface area contributed by atoms with Crippen LogP contribution in [0.15, 0.2) is 29.4 Å². The number of benzene rings is 1. The van der Waals surface area contributed by atoms with Crippen LogP contribution < -0.4 is 16.2 Å². The molecule has 0 amide bonds. The van der Waals surface area contributed by atoms with Gasteiger partial charge in [0.25, 0.3) is 0 Å². The molecule has 2 rings (SSSR count). The van der Waals surface area contributed by atoms with E-state index in [1.54, 1.807) is 13.2 Å². The van der Waals surface area contributed by atoms with Crippen LogP contribution in [-0.4, -0.2) is 17.1 Å². The maximum Gasteiger partial charge on any atom is 0.191 e. The van der Waals surface area contributed by atoms with Crippen LogP contribution in [0, 0.1) is 0 Å². The fraction of sp³-hybridized carbons (Fsp3) is 0.167. The number of ether oxygens (including phenoxy) is 1. The van der Waals surface area contributed by atoms with Crippen LogP contribution >= 0.6 is 23.4 Å². The normalized spacial score (nSPS) is 10.4. The van der Waals surface area contributed by atoms with Gasteiger partial charge in [0.15, 0.2) is 5.16 Å². The predicted octanol–water partition coefficient (Wildman–Crippen LogP) is 2.60. The fourth-order valence-electron chi connectivity index (χ4n) is 1.53. The second-order valence-corrected chi connectivity index (χ2v) is 5.12. The molecule has 0 aliphatic carbocycles. The van der Waals surface area contributed by atoms with Gasteiger partial charge in [0.2, 0.25) is 0 Å². The summed E-state index contributed by atoms with van der Waals surface area (Å²) in [6.07, 6.45) is 0. The summed E-state index contributed by atoms with van der Waals surface area (Å²) in [5, 5.41) is 1.18. The van der Waals surface area contributed by atoms with E-state index >= 15 is 0 Å². The molecule has 5 nitrogen and oxygen atoms in total. The van der Waals surface area contributed by atoms with Crippen molar-refractivity contribution in [1.82, 2.24) is 9.97 Å². The highest BCUT2D eigenvalue weighted by Gasteiger charge is 2.07. The van der Waals surface area contributed by atoms with Gasteiger partial charge < -0.3 is 16.2 Å². The molecule has 0 fully saturated rings. The number of hydrogen-bond donors (Lipinski definition) is 2. The summed E-state index contributed by atoms with van der Waals surface area (Å²) in [7, 11) is 1.62. The van der Waals surface area contributed by atoms with Crippen LogP contribution in [0.5, 0.6) is 5.75 Å². The molecule has 2 aromatic rings. The average Bonchev–Trinajstić information content (AvgIpc) is 2.35. The largest absolute Gasteiger partial charge is 0.496 e. The van der Waals surface area contributed by atoms with Crippen LogP contribution in [0.4, 0.5) is 11.6 Å². The summed E-state index contributed by atoms with van der Waals surface area (Å²) in [6, 6.07) is 6.98. The monoisotopic (exact) mass is 296 g/mol. The van der Waals surface area contributed by atoms with Gasteiger partial charge >= 0.3 is 0 Å². The lowest BCUT2D eigenvalue weighted by atomic mass is 10.2.